The third-order valence-corrected chi connectivity index (χ3v) is 5.92. The largest absolute Gasteiger partial charge is 0.322 e. The van der Waals surface area contributed by atoms with Crippen molar-refractivity contribution in [1.82, 2.24) is 9.38 Å². The summed E-state index contributed by atoms with van der Waals surface area (Å²) in [5.74, 6) is -0.474. The molecule has 0 aliphatic rings. The highest BCUT2D eigenvalue weighted by atomic mass is 32.2. The maximum absolute atomic E-state index is 12.7. The molecule has 0 saturated carbocycles. The first kappa shape index (κ1) is 19.9. The number of carbonyl (C=O) groups excluding carboxylic acids is 1. The van der Waals surface area contributed by atoms with E-state index in [0.717, 1.165) is 10.5 Å². The highest BCUT2D eigenvalue weighted by Gasteiger charge is 2.14. The van der Waals surface area contributed by atoms with E-state index < -0.39 is 5.91 Å². The van der Waals surface area contributed by atoms with Crippen molar-refractivity contribution in [2.45, 2.75) is 30.6 Å². The number of aromatic nitrogens is 2. The van der Waals surface area contributed by atoms with Gasteiger partial charge in [0, 0.05) is 27.9 Å². The molecule has 0 aliphatic heterocycles. The Bertz CT molecular complexity index is 1310. The van der Waals surface area contributed by atoms with E-state index in [2.05, 4.69) is 42.3 Å². The van der Waals surface area contributed by atoms with Crippen molar-refractivity contribution < 1.29 is 4.79 Å². The Morgan fingerprint density at radius 2 is 1.67 bits per heavy atom. The average Bonchev–Trinajstić information content (AvgIpc) is 2.73. The SMILES string of the molecule is Cc1ccc2ncc(C(=O)Nc3ccc(Sc4ccc(C)c(C)c4)cc3)c(=O)n2c1. The summed E-state index contributed by atoms with van der Waals surface area (Å²) in [6, 6.07) is 17.6. The molecule has 0 saturated heterocycles. The number of rotatable bonds is 4. The second kappa shape index (κ2) is 8.16. The van der Waals surface area contributed by atoms with E-state index >= 15 is 0 Å². The summed E-state index contributed by atoms with van der Waals surface area (Å²) in [5, 5.41) is 2.78. The lowest BCUT2D eigenvalue weighted by atomic mass is 10.1. The van der Waals surface area contributed by atoms with Crippen molar-refractivity contribution in [3.63, 3.8) is 0 Å². The van der Waals surface area contributed by atoms with Gasteiger partial charge in [0.15, 0.2) is 0 Å². The number of anilines is 1. The molecular weight excluding hydrogens is 394 g/mol. The van der Waals surface area contributed by atoms with Crippen molar-refractivity contribution in [3.05, 3.63) is 99.6 Å². The standard InChI is InChI=1S/C24H21N3O2S/c1-15-4-11-22-25-13-21(24(29)27(22)14-15)23(28)26-18-6-9-19(10-7-18)30-20-8-5-16(2)17(3)12-20/h4-14H,1-3H3,(H,26,28). The van der Waals surface area contributed by atoms with E-state index in [1.165, 1.54) is 26.6 Å². The molecule has 0 atom stereocenters. The average molecular weight is 416 g/mol. The molecule has 0 fully saturated rings. The van der Waals surface area contributed by atoms with Crippen molar-refractivity contribution in [1.29, 1.82) is 0 Å². The maximum atomic E-state index is 12.7. The van der Waals surface area contributed by atoms with Crippen LogP contribution in [0.4, 0.5) is 5.69 Å². The number of nitrogens with one attached hydrogen (secondary N) is 1. The van der Waals surface area contributed by atoms with Crippen LogP contribution in [0.15, 0.2) is 81.6 Å². The molecule has 2 heterocycles. The summed E-state index contributed by atoms with van der Waals surface area (Å²) in [7, 11) is 0. The molecule has 0 radical (unpaired) electrons. The first-order chi connectivity index (χ1) is 14.4. The van der Waals surface area contributed by atoms with Crippen molar-refractivity contribution in [2.24, 2.45) is 0 Å². The van der Waals surface area contributed by atoms with Gasteiger partial charge in [-0.15, -0.1) is 0 Å². The van der Waals surface area contributed by atoms with Crippen LogP contribution in [0.3, 0.4) is 0 Å². The maximum Gasteiger partial charge on any atom is 0.270 e. The molecule has 5 nitrogen and oxygen atoms in total. The Kier molecular flexibility index (Phi) is 5.42. The van der Waals surface area contributed by atoms with Crippen molar-refractivity contribution >= 4 is 29.0 Å². The Hall–Kier alpha value is -3.38. The molecule has 0 bridgehead atoms. The number of hydrogen-bond acceptors (Lipinski definition) is 4. The smallest absolute Gasteiger partial charge is 0.270 e. The Balaban J connectivity index is 1.51. The summed E-state index contributed by atoms with van der Waals surface area (Å²) in [5.41, 5.74) is 4.20. The molecule has 0 spiro atoms. The zero-order chi connectivity index (χ0) is 21.3. The molecule has 1 N–H and O–H groups in total. The van der Waals surface area contributed by atoms with Gasteiger partial charge >= 0.3 is 0 Å². The van der Waals surface area contributed by atoms with E-state index in [9.17, 15) is 9.59 Å². The van der Waals surface area contributed by atoms with Crippen LogP contribution in [0.2, 0.25) is 0 Å². The van der Waals surface area contributed by atoms with Crippen LogP contribution in [0.25, 0.3) is 5.65 Å². The van der Waals surface area contributed by atoms with E-state index in [-0.39, 0.29) is 11.1 Å². The number of aryl methyl sites for hydroxylation is 3. The number of fused-ring (bicyclic) bond motifs is 1. The zero-order valence-electron chi connectivity index (χ0n) is 17.0. The van der Waals surface area contributed by atoms with Gasteiger partial charge in [-0.2, -0.15) is 0 Å². The number of carbonyl (C=O) groups is 1. The van der Waals surface area contributed by atoms with Crippen LogP contribution in [0, 0.1) is 20.8 Å². The minimum atomic E-state index is -0.474. The van der Waals surface area contributed by atoms with E-state index in [4.69, 9.17) is 0 Å². The van der Waals surface area contributed by atoms with Crippen LogP contribution < -0.4 is 10.9 Å². The van der Waals surface area contributed by atoms with Crippen molar-refractivity contribution in [2.75, 3.05) is 5.32 Å². The Labute approximate surface area is 178 Å². The fraction of sp³-hybridized carbons (Fsp3) is 0.125. The van der Waals surface area contributed by atoms with Crippen LogP contribution in [-0.4, -0.2) is 15.3 Å². The van der Waals surface area contributed by atoms with Crippen molar-refractivity contribution in [3.8, 4) is 0 Å². The van der Waals surface area contributed by atoms with Gasteiger partial charge in [-0.05, 0) is 79.9 Å². The molecule has 4 rings (SSSR count). The lowest BCUT2D eigenvalue weighted by Crippen LogP contribution is -2.26. The first-order valence-corrected chi connectivity index (χ1v) is 10.4. The Morgan fingerprint density at radius 1 is 0.933 bits per heavy atom. The van der Waals surface area contributed by atoms with Crippen LogP contribution in [-0.2, 0) is 0 Å². The predicted octanol–water partition coefficient (Wildman–Crippen LogP) is 5.02. The van der Waals surface area contributed by atoms with Crippen LogP contribution in [0.5, 0.6) is 0 Å². The normalized spacial score (nSPS) is 10.9. The van der Waals surface area contributed by atoms with Gasteiger partial charge in [0.05, 0.1) is 0 Å². The molecule has 0 aliphatic carbocycles. The molecule has 6 heteroatoms. The molecule has 0 unspecified atom stereocenters. The second-order valence-corrected chi connectivity index (χ2v) is 8.39. The summed E-state index contributed by atoms with van der Waals surface area (Å²) >= 11 is 1.66. The van der Waals surface area contributed by atoms with Gasteiger partial charge in [0.2, 0.25) is 0 Å². The summed E-state index contributed by atoms with van der Waals surface area (Å²) in [6.45, 7) is 6.08. The fourth-order valence-electron chi connectivity index (χ4n) is 3.06. The minimum Gasteiger partial charge on any atom is -0.322 e. The lowest BCUT2D eigenvalue weighted by molar-refractivity contribution is 0.102. The number of pyridine rings is 1. The summed E-state index contributed by atoms with van der Waals surface area (Å²) < 4.78 is 1.40. The lowest BCUT2D eigenvalue weighted by Gasteiger charge is -2.08. The van der Waals surface area contributed by atoms with Gasteiger partial charge in [-0.1, -0.05) is 23.9 Å². The third kappa shape index (κ3) is 4.14. The first-order valence-electron chi connectivity index (χ1n) is 9.55. The number of nitrogens with zero attached hydrogens (tertiary/aromatic N) is 2. The van der Waals surface area contributed by atoms with Gasteiger partial charge in [-0.3, -0.25) is 14.0 Å². The second-order valence-electron chi connectivity index (χ2n) is 7.24. The molecular formula is C24H21N3O2S. The van der Waals surface area contributed by atoms with Crippen LogP contribution in [0.1, 0.15) is 27.0 Å². The zero-order valence-corrected chi connectivity index (χ0v) is 17.8. The quantitative estimate of drug-likeness (QED) is 0.508. The van der Waals surface area contributed by atoms with E-state index in [0.29, 0.717) is 11.3 Å². The fourth-order valence-corrected chi connectivity index (χ4v) is 3.97. The molecule has 4 aromatic rings. The van der Waals surface area contributed by atoms with E-state index in [1.54, 1.807) is 24.0 Å². The summed E-state index contributed by atoms with van der Waals surface area (Å²) in [6.07, 6.45) is 3.01. The topological polar surface area (TPSA) is 63.5 Å². The highest BCUT2D eigenvalue weighted by molar-refractivity contribution is 7.99. The van der Waals surface area contributed by atoms with Gasteiger partial charge in [0.1, 0.15) is 11.2 Å². The number of benzene rings is 2. The predicted molar refractivity (Wildman–Crippen MR) is 121 cm³/mol. The van der Waals surface area contributed by atoms with Crippen LogP contribution >= 0.6 is 11.8 Å². The van der Waals surface area contributed by atoms with Gasteiger partial charge < -0.3 is 5.32 Å². The minimum absolute atomic E-state index is 0.00619. The molecule has 2 aromatic carbocycles. The number of amides is 1. The van der Waals surface area contributed by atoms with E-state index in [1.807, 2.05) is 37.3 Å². The highest BCUT2D eigenvalue weighted by Crippen LogP contribution is 2.29. The molecule has 30 heavy (non-hydrogen) atoms. The van der Waals surface area contributed by atoms with Gasteiger partial charge in [-0.25, -0.2) is 4.98 Å². The monoisotopic (exact) mass is 415 g/mol. The summed E-state index contributed by atoms with van der Waals surface area (Å²) in [4.78, 5) is 31.8. The molecule has 1 amide bonds. The Morgan fingerprint density at radius 3 is 2.40 bits per heavy atom. The molecule has 150 valence electrons. The number of hydrogen-bond donors (Lipinski definition) is 1. The molecule has 2 aromatic heterocycles. The van der Waals surface area contributed by atoms with Gasteiger partial charge in [0.25, 0.3) is 11.5 Å². The third-order valence-electron chi connectivity index (χ3n) is 4.92.